The molecule has 0 aliphatic heterocycles. The molecule has 0 aromatic heterocycles. The summed E-state index contributed by atoms with van der Waals surface area (Å²) in [5.74, 6) is -1.39. The molecule has 0 saturated heterocycles. The normalized spacial score (nSPS) is 11.5. The second kappa shape index (κ2) is 9.64. The number of esters is 1. The third-order valence-corrected chi connectivity index (χ3v) is 2.36. The maximum absolute atomic E-state index is 11.4. The van der Waals surface area contributed by atoms with Crippen molar-refractivity contribution in [2.75, 3.05) is 6.61 Å². The van der Waals surface area contributed by atoms with Crippen LogP contribution in [-0.2, 0) is 14.3 Å². The third kappa shape index (κ3) is 9.36. The highest BCUT2D eigenvalue weighted by atomic mass is 16.5. The molecule has 5 nitrogen and oxygen atoms in total. The summed E-state index contributed by atoms with van der Waals surface area (Å²) in [5, 5.41) is 16.7. The Hall–Kier alpha value is -1.57. The molecule has 1 atom stereocenters. The van der Waals surface area contributed by atoms with Crippen LogP contribution in [0, 0.1) is 17.2 Å². The molecule has 0 aromatic rings. The van der Waals surface area contributed by atoms with Crippen LogP contribution in [0.15, 0.2) is 0 Å². The molecular formula is C12H19NO4. The molecule has 0 amide bonds. The molecular weight excluding hydrogens is 222 g/mol. The van der Waals surface area contributed by atoms with Gasteiger partial charge in [0.2, 0.25) is 0 Å². The maximum Gasteiger partial charge on any atom is 0.308 e. The van der Waals surface area contributed by atoms with Crippen molar-refractivity contribution in [3.8, 4) is 6.07 Å². The van der Waals surface area contributed by atoms with E-state index < -0.39 is 5.97 Å². The predicted molar refractivity (Wildman–Crippen MR) is 61.1 cm³/mol. The second-order valence-corrected chi connectivity index (χ2v) is 3.97. The largest absolute Gasteiger partial charge is 0.481 e. The van der Waals surface area contributed by atoms with Crippen LogP contribution in [0.25, 0.3) is 0 Å². The summed E-state index contributed by atoms with van der Waals surface area (Å²) >= 11 is 0. The molecule has 0 aliphatic rings. The molecule has 0 rings (SSSR count). The standard InChI is InChI=1S/C12H19NO4/c1-10(6-5-7-11(14)15)12(16)17-9-4-2-3-8-13/h10H,2-7,9H2,1H3,(H,14,15). The lowest BCUT2D eigenvalue weighted by Crippen LogP contribution is -2.15. The van der Waals surface area contributed by atoms with Gasteiger partial charge in [-0.1, -0.05) is 6.92 Å². The fraction of sp³-hybridized carbons (Fsp3) is 0.750. The monoisotopic (exact) mass is 241 g/mol. The number of carbonyl (C=O) groups is 2. The first-order valence-electron chi connectivity index (χ1n) is 5.83. The molecule has 0 fully saturated rings. The zero-order chi connectivity index (χ0) is 13.1. The molecule has 0 heterocycles. The molecule has 1 unspecified atom stereocenters. The van der Waals surface area contributed by atoms with Crippen molar-refractivity contribution in [2.45, 2.75) is 45.4 Å². The second-order valence-electron chi connectivity index (χ2n) is 3.97. The highest BCUT2D eigenvalue weighted by Gasteiger charge is 2.14. The van der Waals surface area contributed by atoms with Crippen molar-refractivity contribution in [1.82, 2.24) is 0 Å². The highest BCUT2D eigenvalue weighted by Crippen LogP contribution is 2.10. The summed E-state index contributed by atoms with van der Waals surface area (Å²) in [6.07, 6.45) is 3.01. The Kier molecular flexibility index (Phi) is 8.75. The van der Waals surface area contributed by atoms with Crippen LogP contribution in [0.5, 0.6) is 0 Å². The van der Waals surface area contributed by atoms with Gasteiger partial charge in [-0.05, 0) is 25.7 Å². The van der Waals surface area contributed by atoms with Gasteiger partial charge in [-0.2, -0.15) is 5.26 Å². The van der Waals surface area contributed by atoms with Gasteiger partial charge >= 0.3 is 11.9 Å². The first-order valence-corrected chi connectivity index (χ1v) is 5.83. The van der Waals surface area contributed by atoms with E-state index in [4.69, 9.17) is 15.1 Å². The average Bonchev–Trinajstić information content (AvgIpc) is 2.27. The number of aliphatic carboxylic acids is 1. The smallest absolute Gasteiger partial charge is 0.308 e. The minimum Gasteiger partial charge on any atom is -0.481 e. The van der Waals surface area contributed by atoms with Crippen molar-refractivity contribution in [3.63, 3.8) is 0 Å². The lowest BCUT2D eigenvalue weighted by Gasteiger charge is -2.10. The van der Waals surface area contributed by atoms with Gasteiger partial charge in [0.25, 0.3) is 0 Å². The molecule has 1 N–H and O–H groups in total. The minimum atomic E-state index is -0.845. The number of hydrogen-bond acceptors (Lipinski definition) is 4. The summed E-state index contributed by atoms with van der Waals surface area (Å²) in [4.78, 5) is 21.7. The predicted octanol–water partition coefficient (Wildman–Crippen LogP) is 2.11. The Bertz CT molecular complexity index is 283. The van der Waals surface area contributed by atoms with E-state index in [1.807, 2.05) is 6.07 Å². The Morgan fingerprint density at radius 2 is 2.06 bits per heavy atom. The van der Waals surface area contributed by atoms with E-state index in [0.29, 0.717) is 32.3 Å². The zero-order valence-corrected chi connectivity index (χ0v) is 10.1. The molecule has 5 heteroatoms. The van der Waals surface area contributed by atoms with Crippen molar-refractivity contribution >= 4 is 11.9 Å². The number of carbonyl (C=O) groups excluding carboxylic acids is 1. The Morgan fingerprint density at radius 3 is 2.65 bits per heavy atom. The van der Waals surface area contributed by atoms with E-state index in [1.54, 1.807) is 6.92 Å². The molecule has 0 saturated carbocycles. The van der Waals surface area contributed by atoms with Crippen LogP contribution in [0.1, 0.15) is 45.4 Å². The van der Waals surface area contributed by atoms with Gasteiger partial charge < -0.3 is 9.84 Å². The summed E-state index contributed by atoms with van der Waals surface area (Å²) < 4.78 is 5.01. The number of ether oxygens (including phenoxy) is 1. The lowest BCUT2D eigenvalue weighted by atomic mass is 10.0. The Labute approximate surface area is 101 Å². The fourth-order valence-electron chi connectivity index (χ4n) is 1.30. The fourth-order valence-corrected chi connectivity index (χ4v) is 1.30. The number of nitrogens with zero attached hydrogens (tertiary/aromatic N) is 1. The summed E-state index contributed by atoms with van der Waals surface area (Å²) in [5.41, 5.74) is 0. The number of rotatable bonds is 9. The minimum absolute atomic E-state index is 0.0831. The van der Waals surface area contributed by atoms with Crippen LogP contribution in [0.3, 0.4) is 0 Å². The van der Waals surface area contributed by atoms with E-state index in [1.165, 1.54) is 0 Å². The summed E-state index contributed by atoms with van der Waals surface area (Å²) in [7, 11) is 0. The van der Waals surface area contributed by atoms with Gasteiger partial charge in [0.1, 0.15) is 0 Å². The van der Waals surface area contributed by atoms with Gasteiger partial charge in [0, 0.05) is 12.8 Å². The number of hydrogen-bond donors (Lipinski definition) is 1. The van der Waals surface area contributed by atoms with Crippen molar-refractivity contribution in [1.29, 1.82) is 5.26 Å². The Morgan fingerprint density at radius 1 is 1.35 bits per heavy atom. The first kappa shape index (κ1) is 15.4. The number of carboxylic acids is 1. The number of unbranched alkanes of at least 4 members (excludes halogenated alkanes) is 2. The SMILES string of the molecule is CC(CCCC(=O)O)C(=O)OCCCCC#N. The Balaban J connectivity index is 3.54. The van der Waals surface area contributed by atoms with Crippen molar-refractivity contribution in [3.05, 3.63) is 0 Å². The van der Waals surface area contributed by atoms with Gasteiger partial charge in [0.15, 0.2) is 0 Å². The third-order valence-electron chi connectivity index (χ3n) is 2.36. The molecule has 0 aromatic carbocycles. The van der Waals surface area contributed by atoms with Gasteiger partial charge in [-0.25, -0.2) is 0 Å². The quantitative estimate of drug-likeness (QED) is 0.493. The number of carboxylic acid groups (broad SMARTS) is 1. The van der Waals surface area contributed by atoms with E-state index >= 15 is 0 Å². The number of nitriles is 1. The van der Waals surface area contributed by atoms with Crippen LogP contribution in [0.4, 0.5) is 0 Å². The molecule has 0 spiro atoms. The van der Waals surface area contributed by atoms with Gasteiger partial charge in [-0.15, -0.1) is 0 Å². The molecule has 17 heavy (non-hydrogen) atoms. The molecule has 0 bridgehead atoms. The van der Waals surface area contributed by atoms with Crippen molar-refractivity contribution in [2.24, 2.45) is 5.92 Å². The van der Waals surface area contributed by atoms with Crippen LogP contribution < -0.4 is 0 Å². The summed E-state index contributed by atoms with van der Waals surface area (Å²) in [6.45, 7) is 2.07. The summed E-state index contributed by atoms with van der Waals surface area (Å²) in [6, 6.07) is 2.02. The van der Waals surface area contributed by atoms with Gasteiger partial charge in [0.05, 0.1) is 18.6 Å². The molecule has 96 valence electrons. The van der Waals surface area contributed by atoms with E-state index in [9.17, 15) is 9.59 Å². The average molecular weight is 241 g/mol. The van der Waals surface area contributed by atoms with Crippen LogP contribution >= 0.6 is 0 Å². The van der Waals surface area contributed by atoms with E-state index in [2.05, 4.69) is 0 Å². The zero-order valence-electron chi connectivity index (χ0n) is 10.1. The topological polar surface area (TPSA) is 87.4 Å². The molecule has 0 radical (unpaired) electrons. The highest BCUT2D eigenvalue weighted by molar-refractivity contribution is 5.72. The van der Waals surface area contributed by atoms with Crippen LogP contribution in [0.2, 0.25) is 0 Å². The first-order chi connectivity index (χ1) is 8.07. The molecule has 0 aliphatic carbocycles. The van der Waals surface area contributed by atoms with E-state index in [-0.39, 0.29) is 18.3 Å². The lowest BCUT2D eigenvalue weighted by molar-refractivity contribution is -0.148. The van der Waals surface area contributed by atoms with Gasteiger partial charge in [-0.3, -0.25) is 9.59 Å². The maximum atomic E-state index is 11.4. The van der Waals surface area contributed by atoms with Crippen molar-refractivity contribution < 1.29 is 19.4 Å². The van der Waals surface area contributed by atoms with E-state index in [0.717, 1.165) is 6.42 Å². The van der Waals surface area contributed by atoms with Crippen LogP contribution in [-0.4, -0.2) is 23.7 Å².